The smallest absolute Gasteiger partial charge is 0.260 e. The molecule has 0 aliphatic carbocycles. The van der Waals surface area contributed by atoms with Gasteiger partial charge in [-0.3, -0.25) is 29.2 Å². The van der Waals surface area contributed by atoms with Crippen molar-refractivity contribution in [2.75, 3.05) is 38.1 Å². The summed E-state index contributed by atoms with van der Waals surface area (Å²) in [6.07, 6.45) is 7.23. The first-order chi connectivity index (χ1) is 24.5. The zero-order chi connectivity index (χ0) is 35.9. The molecular formula is C33H38ClN9O7S. The van der Waals surface area contributed by atoms with E-state index in [-0.39, 0.29) is 62.8 Å². The van der Waals surface area contributed by atoms with E-state index < -0.39 is 27.2 Å². The Hall–Kier alpha value is -4.61. The van der Waals surface area contributed by atoms with Gasteiger partial charge in [-0.25, -0.2) is 22.7 Å². The van der Waals surface area contributed by atoms with Gasteiger partial charge in [-0.1, -0.05) is 17.7 Å². The van der Waals surface area contributed by atoms with E-state index in [0.717, 1.165) is 5.56 Å². The van der Waals surface area contributed by atoms with Crippen LogP contribution >= 0.6 is 11.6 Å². The lowest BCUT2D eigenvalue weighted by Gasteiger charge is -2.37. The Bertz CT molecular complexity index is 1970. The second kappa shape index (κ2) is 14.2. The van der Waals surface area contributed by atoms with Gasteiger partial charge in [-0.05, 0) is 44.2 Å². The van der Waals surface area contributed by atoms with Crippen molar-refractivity contribution in [2.24, 2.45) is 7.05 Å². The molecule has 3 saturated heterocycles. The number of aryl methyl sites for hydroxylation is 1. The molecule has 0 saturated carbocycles. The maximum Gasteiger partial charge on any atom is 0.260 e. The van der Waals surface area contributed by atoms with Crippen LogP contribution in [-0.2, 0) is 38.0 Å². The second-order valence-corrected chi connectivity index (χ2v) is 15.8. The number of piperidine rings is 3. The molecule has 0 spiro atoms. The highest BCUT2D eigenvalue weighted by Crippen LogP contribution is 2.34. The molecule has 7 rings (SSSR count). The van der Waals surface area contributed by atoms with Gasteiger partial charge in [-0.2, -0.15) is 5.10 Å². The number of imide groups is 1. The van der Waals surface area contributed by atoms with Gasteiger partial charge >= 0.3 is 0 Å². The summed E-state index contributed by atoms with van der Waals surface area (Å²) in [6, 6.07) is 4.21. The van der Waals surface area contributed by atoms with E-state index in [1.807, 2.05) is 13.2 Å². The van der Waals surface area contributed by atoms with Crippen LogP contribution < -0.4 is 15.4 Å². The molecule has 51 heavy (non-hydrogen) atoms. The molecule has 16 nitrogen and oxygen atoms in total. The maximum absolute atomic E-state index is 13.6. The van der Waals surface area contributed by atoms with E-state index in [1.165, 1.54) is 11.1 Å². The number of sulfonamides is 1. The average molecular weight is 740 g/mol. The first kappa shape index (κ1) is 34.8. The number of carbonyl (C=O) groups excluding carboxylic acids is 4. The Balaban J connectivity index is 0.884. The van der Waals surface area contributed by atoms with Crippen molar-refractivity contribution in [2.45, 2.75) is 62.4 Å². The topological polar surface area (TPSA) is 189 Å². The number of anilines is 1. The van der Waals surface area contributed by atoms with Crippen LogP contribution in [0.15, 0.2) is 36.8 Å². The van der Waals surface area contributed by atoms with Gasteiger partial charge in [0, 0.05) is 68.6 Å². The van der Waals surface area contributed by atoms with Gasteiger partial charge in [-0.15, -0.1) is 0 Å². The number of likely N-dealkylation sites (tertiary alicyclic amines) is 1. The van der Waals surface area contributed by atoms with E-state index in [0.29, 0.717) is 72.3 Å². The number of nitrogens with zero attached hydrogens (tertiary/aromatic N) is 7. The lowest BCUT2D eigenvalue weighted by Crippen LogP contribution is -2.52. The highest BCUT2D eigenvalue weighted by molar-refractivity contribution is 7.89. The molecule has 0 radical (unpaired) electrons. The van der Waals surface area contributed by atoms with Crippen molar-refractivity contribution in [1.82, 2.24) is 39.2 Å². The molecule has 4 aliphatic rings. The summed E-state index contributed by atoms with van der Waals surface area (Å²) in [6.45, 7) is 1.14. The third kappa shape index (κ3) is 7.14. The maximum atomic E-state index is 13.6. The largest absolute Gasteiger partial charge is 0.483 e. The first-order valence-corrected chi connectivity index (χ1v) is 18.8. The van der Waals surface area contributed by atoms with E-state index in [9.17, 15) is 27.6 Å². The minimum atomic E-state index is -3.57. The zero-order valence-corrected chi connectivity index (χ0v) is 29.5. The first-order valence-electron chi connectivity index (χ1n) is 16.9. The third-order valence-electron chi connectivity index (χ3n) is 9.98. The van der Waals surface area contributed by atoms with E-state index in [2.05, 4.69) is 25.7 Å². The fraction of sp³-hybridized carbons (Fsp3) is 0.485. The van der Waals surface area contributed by atoms with Crippen molar-refractivity contribution in [1.29, 1.82) is 0 Å². The highest BCUT2D eigenvalue weighted by atomic mass is 35.5. The van der Waals surface area contributed by atoms with Gasteiger partial charge in [0.15, 0.2) is 6.61 Å². The van der Waals surface area contributed by atoms with Crippen LogP contribution in [0.5, 0.6) is 5.75 Å². The molecule has 2 N–H and O–H groups in total. The molecule has 4 amide bonds. The van der Waals surface area contributed by atoms with Crippen LogP contribution in [0.1, 0.15) is 54.4 Å². The van der Waals surface area contributed by atoms with Gasteiger partial charge in [0.25, 0.3) is 11.8 Å². The van der Waals surface area contributed by atoms with E-state index >= 15 is 0 Å². The summed E-state index contributed by atoms with van der Waals surface area (Å²) in [4.78, 5) is 62.2. The Morgan fingerprint density at radius 1 is 1.06 bits per heavy atom. The molecule has 18 heteroatoms. The summed E-state index contributed by atoms with van der Waals surface area (Å²) in [7, 11) is -1.76. The van der Waals surface area contributed by atoms with Gasteiger partial charge in [0.05, 0.1) is 34.9 Å². The minimum Gasteiger partial charge on any atom is -0.483 e. The van der Waals surface area contributed by atoms with Gasteiger partial charge < -0.3 is 19.9 Å². The lowest BCUT2D eigenvalue weighted by molar-refractivity contribution is -0.137. The highest BCUT2D eigenvalue weighted by Gasteiger charge is 2.41. The van der Waals surface area contributed by atoms with Crippen molar-refractivity contribution in [3.05, 3.63) is 52.9 Å². The summed E-state index contributed by atoms with van der Waals surface area (Å²) < 4.78 is 36.3. The molecule has 3 fully saturated rings. The summed E-state index contributed by atoms with van der Waals surface area (Å²) >= 11 is 6.33. The normalized spacial score (nSPS) is 20.7. The minimum absolute atomic E-state index is 0.0108. The SMILES string of the molecule is Cn1cc(-c2nc(NC3CCN(S(=O)(=O)C4CCN(C(=O)COc5cccc6c5CN(C5CCC(=O)NC5=O)C6=O)CC4)CC3)ncc2Cl)cn1. The Labute approximate surface area is 299 Å². The number of fused-ring (bicyclic) bond motifs is 1. The summed E-state index contributed by atoms with van der Waals surface area (Å²) in [5, 5.41) is 9.61. The molecule has 6 heterocycles. The fourth-order valence-corrected chi connectivity index (χ4v) is 9.31. The molecule has 1 atom stereocenters. The van der Waals surface area contributed by atoms with Crippen molar-refractivity contribution in [3.8, 4) is 17.0 Å². The molecular weight excluding hydrogens is 702 g/mol. The van der Waals surface area contributed by atoms with Crippen LogP contribution in [0.4, 0.5) is 5.95 Å². The molecule has 270 valence electrons. The zero-order valence-electron chi connectivity index (χ0n) is 28.0. The van der Waals surface area contributed by atoms with Crippen molar-refractivity contribution in [3.63, 3.8) is 0 Å². The monoisotopic (exact) mass is 739 g/mol. The number of rotatable bonds is 9. The van der Waals surface area contributed by atoms with Crippen LogP contribution in [0.25, 0.3) is 11.3 Å². The summed E-state index contributed by atoms with van der Waals surface area (Å²) in [5.41, 5.74) is 2.31. The number of hydrogen-bond donors (Lipinski definition) is 2. The predicted molar refractivity (Wildman–Crippen MR) is 184 cm³/mol. The molecule has 3 aromatic rings. The fourth-order valence-electron chi connectivity index (χ4n) is 7.16. The Morgan fingerprint density at radius 2 is 1.82 bits per heavy atom. The molecule has 2 aromatic heterocycles. The number of nitrogens with one attached hydrogen (secondary N) is 2. The standard InChI is InChI=1S/C33H38ClN9O7S/c1-40-17-20(15-36-40)30-25(34)16-35-33(39-30)37-21-7-13-42(14-8-21)51(48,49)22-9-11-41(12-10-22)29(45)19-50-27-4-2-3-23-24(27)18-43(32(23)47)26-5-6-28(44)38-31(26)46/h2-4,15-17,21-22,26H,5-14,18-19H2,1H3,(H,35,37,39)(H,38,44,46). The van der Waals surface area contributed by atoms with Gasteiger partial charge in [0.2, 0.25) is 27.8 Å². The Kier molecular flexibility index (Phi) is 9.69. The number of hydrogen-bond acceptors (Lipinski definition) is 11. The Morgan fingerprint density at radius 3 is 2.53 bits per heavy atom. The van der Waals surface area contributed by atoms with Crippen LogP contribution in [0, 0.1) is 0 Å². The molecule has 1 unspecified atom stereocenters. The van der Waals surface area contributed by atoms with Crippen molar-refractivity contribution < 1.29 is 32.3 Å². The lowest BCUT2D eigenvalue weighted by atomic mass is 10.0. The average Bonchev–Trinajstić information content (AvgIpc) is 3.71. The van der Waals surface area contributed by atoms with E-state index in [1.54, 1.807) is 38.3 Å². The molecule has 1 aromatic carbocycles. The third-order valence-corrected chi connectivity index (χ3v) is 12.7. The quantitative estimate of drug-likeness (QED) is 0.303. The van der Waals surface area contributed by atoms with Crippen LogP contribution in [-0.4, -0.2) is 116 Å². The van der Waals surface area contributed by atoms with Crippen LogP contribution in [0.3, 0.4) is 0 Å². The predicted octanol–water partition coefficient (Wildman–Crippen LogP) is 1.57. The number of amides is 4. The number of carbonyl (C=O) groups is 4. The van der Waals surface area contributed by atoms with E-state index in [4.69, 9.17) is 16.3 Å². The second-order valence-electron chi connectivity index (χ2n) is 13.2. The number of benzene rings is 1. The molecule has 0 bridgehead atoms. The number of ether oxygens (including phenoxy) is 1. The van der Waals surface area contributed by atoms with Crippen molar-refractivity contribution >= 4 is 51.2 Å². The number of aromatic nitrogens is 4. The molecule has 4 aliphatic heterocycles. The summed E-state index contributed by atoms with van der Waals surface area (Å²) in [5.74, 6) is -0.683. The van der Waals surface area contributed by atoms with Crippen LogP contribution in [0.2, 0.25) is 5.02 Å². The number of halogens is 1. The van der Waals surface area contributed by atoms with Gasteiger partial charge in [0.1, 0.15) is 11.8 Å².